The zero-order valence-corrected chi connectivity index (χ0v) is 9.72. The molecular formula is C10H19NO2S. The lowest BCUT2D eigenvalue weighted by molar-refractivity contribution is -0.129. The summed E-state index contributed by atoms with van der Waals surface area (Å²) in [6.45, 7) is 5.84. The van der Waals surface area contributed by atoms with Crippen molar-refractivity contribution in [3.05, 3.63) is 0 Å². The molecule has 14 heavy (non-hydrogen) atoms. The van der Waals surface area contributed by atoms with E-state index in [9.17, 15) is 4.79 Å². The Bertz CT molecular complexity index is 193. The standard InChI is InChI=1S/C10H19NO2S/c1-8(7-12)14-9(2)10(13)11-5-3-4-6-11/h8-9,12H,3-7H2,1-2H3/t8-,9-/m0/s1. The van der Waals surface area contributed by atoms with Gasteiger partial charge >= 0.3 is 0 Å². The number of amides is 1. The smallest absolute Gasteiger partial charge is 0.235 e. The molecule has 1 fully saturated rings. The Balaban J connectivity index is 2.35. The lowest BCUT2D eigenvalue weighted by Crippen LogP contribution is -2.35. The van der Waals surface area contributed by atoms with Gasteiger partial charge in [-0.3, -0.25) is 4.79 Å². The summed E-state index contributed by atoms with van der Waals surface area (Å²) in [5.74, 6) is 0.229. The number of carbonyl (C=O) groups excluding carboxylic acids is 1. The van der Waals surface area contributed by atoms with Crippen LogP contribution in [-0.4, -0.2) is 46.1 Å². The van der Waals surface area contributed by atoms with Crippen LogP contribution in [0.15, 0.2) is 0 Å². The molecule has 0 aliphatic carbocycles. The second-order valence-electron chi connectivity index (χ2n) is 3.80. The second kappa shape index (κ2) is 5.61. The third-order valence-corrected chi connectivity index (χ3v) is 3.68. The van der Waals surface area contributed by atoms with Crippen LogP contribution in [0.3, 0.4) is 0 Å². The Morgan fingerprint density at radius 2 is 2.00 bits per heavy atom. The molecule has 1 N–H and O–H groups in total. The Labute approximate surface area is 89.9 Å². The van der Waals surface area contributed by atoms with E-state index in [0.717, 1.165) is 25.9 Å². The molecule has 1 aliphatic heterocycles. The van der Waals surface area contributed by atoms with E-state index in [0.29, 0.717) is 0 Å². The SMILES string of the molecule is C[C@H](S[C@@H](C)CO)C(=O)N1CCCC1. The van der Waals surface area contributed by atoms with Gasteiger partial charge in [0.25, 0.3) is 0 Å². The van der Waals surface area contributed by atoms with Crippen LogP contribution >= 0.6 is 11.8 Å². The van der Waals surface area contributed by atoms with Crippen molar-refractivity contribution in [2.45, 2.75) is 37.2 Å². The number of nitrogens with zero attached hydrogens (tertiary/aromatic N) is 1. The maximum atomic E-state index is 11.8. The van der Waals surface area contributed by atoms with Crippen molar-refractivity contribution in [1.82, 2.24) is 4.90 Å². The van der Waals surface area contributed by atoms with Crippen LogP contribution in [0.4, 0.5) is 0 Å². The fraction of sp³-hybridized carbons (Fsp3) is 0.900. The summed E-state index contributed by atoms with van der Waals surface area (Å²) < 4.78 is 0. The molecule has 0 aromatic carbocycles. The number of hydrogen-bond donors (Lipinski definition) is 1. The van der Waals surface area contributed by atoms with Gasteiger partial charge in [0.05, 0.1) is 11.9 Å². The molecule has 1 rings (SSSR count). The first-order valence-corrected chi connectivity index (χ1v) is 6.14. The molecule has 0 aromatic heterocycles. The fourth-order valence-corrected chi connectivity index (χ4v) is 2.69. The number of likely N-dealkylation sites (tertiary alicyclic amines) is 1. The zero-order chi connectivity index (χ0) is 10.6. The quantitative estimate of drug-likeness (QED) is 0.767. The number of carbonyl (C=O) groups is 1. The summed E-state index contributed by atoms with van der Waals surface area (Å²) in [5, 5.41) is 9.02. The molecule has 0 radical (unpaired) electrons. The predicted molar refractivity (Wildman–Crippen MR) is 59.4 cm³/mol. The number of rotatable bonds is 4. The van der Waals surface area contributed by atoms with Crippen LogP contribution in [0.1, 0.15) is 26.7 Å². The first kappa shape index (κ1) is 11.9. The molecule has 1 aliphatic rings. The molecule has 4 heteroatoms. The molecule has 0 aromatic rings. The van der Waals surface area contributed by atoms with Gasteiger partial charge in [-0.15, -0.1) is 11.8 Å². The highest BCUT2D eigenvalue weighted by Crippen LogP contribution is 2.20. The molecule has 0 spiro atoms. The molecule has 1 saturated heterocycles. The third kappa shape index (κ3) is 3.17. The first-order chi connectivity index (χ1) is 6.65. The topological polar surface area (TPSA) is 40.5 Å². The number of hydrogen-bond acceptors (Lipinski definition) is 3. The van der Waals surface area contributed by atoms with Crippen molar-refractivity contribution in [1.29, 1.82) is 0 Å². The Morgan fingerprint density at radius 3 is 2.50 bits per heavy atom. The molecule has 82 valence electrons. The van der Waals surface area contributed by atoms with Gasteiger partial charge in [-0.05, 0) is 19.8 Å². The summed E-state index contributed by atoms with van der Waals surface area (Å²) in [6.07, 6.45) is 2.28. The van der Waals surface area contributed by atoms with Crippen LogP contribution in [-0.2, 0) is 4.79 Å². The Kier molecular flexibility index (Phi) is 4.75. The van der Waals surface area contributed by atoms with Crippen molar-refractivity contribution in [2.75, 3.05) is 19.7 Å². The van der Waals surface area contributed by atoms with Crippen molar-refractivity contribution in [3.8, 4) is 0 Å². The molecular weight excluding hydrogens is 198 g/mol. The lowest BCUT2D eigenvalue weighted by Gasteiger charge is -2.21. The van der Waals surface area contributed by atoms with Crippen molar-refractivity contribution >= 4 is 17.7 Å². The highest BCUT2D eigenvalue weighted by atomic mass is 32.2. The van der Waals surface area contributed by atoms with Gasteiger partial charge in [-0.1, -0.05) is 6.92 Å². The molecule has 2 atom stereocenters. The number of aliphatic hydroxyl groups excluding tert-OH is 1. The van der Waals surface area contributed by atoms with Gasteiger partial charge in [0.1, 0.15) is 0 Å². The molecule has 3 nitrogen and oxygen atoms in total. The molecule has 1 amide bonds. The van der Waals surface area contributed by atoms with Gasteiger partial charge in [0.2, 0.25) is 5.91 Å². The van der Waals surface area contributed by atoms with E-state index in [1.54, 1.807) is 11.8 Å². The predicted octanol–water partition coefficient (Wildman–Crippen LogP) is 1.11. The maximum absolute atomic E-state index is 11.8. The van der Waals surface area contributed by atoms with E-state index in [4.69, 9.17) is 5.11 Å². The number of thioether (sulfide) groups is 1. The van der Waals surface area contributed by atoms with E-state index in [1.165, 1.54) is 0 Å². The van der Waals surface area contributed by atoms with Crippen LogP contribution in [0.2, 0.25) is 0 Å². The molecule has 0 saturated carbocycles. The van der Waals surface area contributed by atoms with Crippen molar-refractivity contribution in [3.63, 3.8) is 0 Å². The average Bonchev–Trinajstić information content (AvgIpc) is 2.69. The Morgan fingerprint density at radius 1 is 1.43 bits per heavy atom. The fourth-order valence-electron chi connectivity index (χ4n) is 1.64. The lowest BCUT2D eigenvalue weighted by atomic mass is 10.4. The van der Waals surface area contributed by atoms with E-state index in [-0.39, 0.29) is 23.0 Å². The van der Waals surface area contributed by atoms with Crippen molar-refractivity contribution < 1.29 is 9.90 Å². The number of aliphatic hydroxyl groups is 1. The van der Waals surface area contributed by atoms with E-state index in [1.807, 2.05) is 18.7 Å². The molecule has 1 heterocycles. The highest BCUT2D eigenvalue weighted by molar-refractivity contribution is 8.01. The minimum atomic E-state index is -0.0183. The molecule has 0 unspecified atom stereocenters. The summed E-state index contributed by atoms with van der Waals surface area (Å²) in [4.78, 5) is 13.8. The third-order valence-electron chi connectivity index (χ3n) is 2.46. The van der Waals surface area contributed by atoms with Crippen LogP contribution in [0.5, 0.6) is 0 Å². The van der Waals surface area contributed by atoms with Gasteiger partial charge in [0.15, 0.2) is 0 Å². The van der Waals surface area contributed by atoms with Gasteiger partial charge < -0.3 is 10.0 Å². The summed E-state index contributed by atoms with van der Waals surface area (Å²) in [5.41, 5.74) is 0. The minimum Gasteiger partial charge on any atom is -0.395 e. The first-order valence-electron chi connectivity index (χ1n) is 5.20. The van der Waals surface area contributed by atoms with Gasteiger partial charge in [0, 0.05) is 18.3 Å². The van der Waals surface area contributed by atoms with E-state index >= 15 is 0 Å². The summed E-state index contributed by atoms with van der Waals surface area (Å²) in [7, 11) is 0. The molecule has 0 bridgehead atoms. The minimum absolute atomic E-state index is 0.0183. The van der Waals surface area contributed by atoms with Crippen LogP contribution < -0.4 is 0 Å². The second-order valence-corrected chi connectivity index (χ2v) is 5.59. The van der Waals surface area contributed by atoms with E-state index < -0.39 is 0 Å². The van der Waals surface area contributed by atoms with Crippen molar-refractivity contribution in [2.24, 2.45) is 0 Å². The summed E-state index contributed by atoms with van der Waals surface area (Å²) in [6, 6.07) is 0. The zero-order valence-electron chi connectivity index (χ0n) is 8.90. The normalized spacial score (nSPS) is 20.9. The van der Waals surface area contributed by atoms with Crippen LogP contribution in [0, 0.1) is 0 Å². The maximum Gasteiger partial charge on any atom is 0.235 e. The average molecular weight is 217 g/mol. The van der Waals surface area contributed by atoms with Crippen LogP contribution in [0.25, 0.3) is 0 Å². The highest BCUT2D eigenvalue weighted by Gasteiger charge is 2.24. The van der Waals surface area contributed by atoms with Gasteiger partial charge in [-0.25, -0.2) is 0 Å². The summed E-state index contributed by atoms with van der Waals surface area (Å²) >= 11 is 1.55. The Hall–Kier alpha value is -0.220. The van der Waals surface area contributed by atoms with E-state index in [2.05, 4.69) is 0 Å². The largest absolute Gasteiger partial charge is 0.395 e. The monoisotopic (exact) mass is 217 g/mol. The van der Waals surface area contributed by atoms with Gasteiger partial charge in [-0.2, -0.15) is 0 Å².